The van der Waals surface area contributed by atoms with Gasteiger partial charge in [0.1, 0.15) is 0 Å². The maximum absolute atomic E-state index is 8.25. The third-order valence-electron chi connectivity index (χ3n) is 4.84. The van der Waals surface area contributed by atoms with Gasteiger partial charge in [-0.3, -0.25) is 21.6 Å². The molecule has 0 aliphatic rings. The molecular weight excluding hydrogens is 400 g/mol. The van der Waals surface area contributed by atoms with E-state index in [1.165, 1.54) is 0 Å². The first kappa shape index (κ1) is 22.6. The van der Waals surface area contributed by atoms with Gasteiger partial charge in [0.2, 0.25) is 23.6 Å². The SMILES string of the molecule is CC(C)(C)c1ccc(C(=N)OC(=N)c2cccc(C(=N)OC(=N)c3ccccc3)c2)cc1. The summed E-state index contributed by atoms with van der Waals surface area (Å²) in [5.41, 5.74) is 3.10. The molecule has 4 N–H and O–H groups in total. The molecule has 0 spiro atoms. The number of hydrogen-bond acceptors (Lipinski definition) is 6. The van der Waals surface area contributed by atoms with Crippen LogP contribution in [0.25, 0.3) is 0 Å². The van der Waals surface area contributed by atoms with Crippen LogP contribution in [0.3, 0.4) is 0 Å². The summed E-state index contributed by atoms with van der Waals surface area (Å²) in [5.74, 6) is -0.671. The Morgan fingerprint density at radius 1 is 0.531 bits per heavy atom. The highest BCUT2D eigenvalue weighted by Crippen LogP contribution is 2.22. The van der Waals surface area contributed by atoms with E-state index in [1.54, 1.807) is 48.5 Å². The van der Waals surface area contributed by atoms with Gasteiger partial charge >= 0.3 is 0 Å². The number of nitrogens with one attached hydrogen (secondary N) is 4. The highest BCUT2D eigenvalue weighted by atomic mass is 16.5. The summed E-state index contributed by atoms with van der Waals surface area (Å²) >= 11 is 0. The molecule has 0 fully saturated rings. The lowest BCUT2D eigenvalue weighted by Gasteiger charge is -2.19. The van der Waals surface area contributed by atoms with Crippen molar-refractivity contribution in [2.24, 2.45) is 0 Å². The van der Waals surface area contributed by atoms with E-state index in [-0.39, 0.29) is 29.0 Å². The Kier molecular flexibility index (Phi) is 6.64. The fourth-order valence-corrected chi connectivity index (χ4v) is 2.95. The van der Waals surface area contributed by atoms with Gasteiger partial charge in [-0.25, -0.2) is 0 Å². The molecule has 0 radical (unpaired) electrons. The van der Waals surface area contributed by atoms with Crippen molar-refractivity contribution in [2.75, 3.05) is 0 Å². The van der Waals surface area contributed by atoms with E-state index in [1.807, 2.05) is 30.3 Å². The van der Waals surface area contributed by atoms with Crippen molar-refractivity contribution in [1.29, 1.82) is 21.6 Å². The number of benzene rings is 3. The smallest absolute Gasteiger partial charge is 0.221 e. The molecule has 0 saturated heterocycles. The summed E-state index contributed by atoms with van der Waals surface area (Å²) in [6.45, 7) is 6.36. The van der Waals surface area contributed by atoms with E-state index in [0.717, 1.165) is 5.56 Å². The minimum absolute atomic E-state index is 0.0120. The minimum atomic E-state index is -0.207. The number of rotatable bonds is 4. The molecule has 0 aliphatic heterocycles. The highest BCUT2D eigenvalue weighted by Gasteiger charge is 2.16. The van der Waals surface area contributed by atoms with Gasteiger partial charge in [-0.15, -0.1) is 0 Å². The van der Waals surface area contributed by atoms with Crippen LogP contribution >= 0.6 is 0 Å². The van der Waals surface area contributed by atoms with Crippen molar-refractivity contribution in [2.45, 2.75) is 26.2 Å². The molecular formula is C26H26N4O2. The molecule has 3 rings (SSSR count). The molecule has 0 amide bonds. The lowest BCUT2D eigenvalue weighted by atomic mass is 9.87. The van der Waals surface area contributed by atoms with Gasteiger partial charge in [0, 0.05) is 22.3 Å². The Morgan fingerprint density at radius 3 is 1.41 bits per heavy atom. The predicted molar refractivity (Wildman–Crippen MR) is 128 cm³/mol. The van der Waals surface area contributed by atoms with E-state index in [0.29, 0.717) is 22.3 Å². The highest BCUT2D eigenvalue weighted by molar-refractivity contribution is 6.07. The van der Waals surface area contributed by atoms with Crippen LogP contribution in [0.2, 0.25) is 0 Å². The lowest BCUT2D eigenvalue weighted by Crippen LogP contribution is -2.16. The lowest BCUT2D eigenvalue weighted by molar-refractivity contribution is 0.536. The largest absolute Gasteiger partial charge is 0.421 e. The van der Waals surface area contributed by atoms with E-state index in [2.05, 4.69) is 20.8 Å². The molecule has 3 aromatic rings. The standard InChI is InChI=1S/C26H26N4O2/c1-26(2,3)21-14-12-18(13-15-21)23(28)32-25(30)20-11-7-10-19(16-20)24(29)31-22(27)17-8-5-4-6-9-17/h4-16,27-30H,1-3H3. The first-order valence-corrected chi connectivity index (χ1v) is 10.1. The van der Waals surface area contributed by atoms with Crippen LogP contribution in [0.5, 0.6) is 0 Å². The second-order valence-electron chi connectivity index (χ2n) is 8.29. The molecule has 0 unspecified atom stereocenters. The van der Waals surface area contributed by atoms with Gasteiger partial charge in [0.15, 0.2) is 0 Å². The zero-order chi connectivity index (χ0) is 23.3. The van der Waals surface area contributed by atoms with E-state index in [4.69, 9.17) is 31.1 Å². The summed E-state index contributed by atoms with van der Waals surface area (Å²) < 4.78 is 10.8. The van der Waals surface area contributed by atoms with Crippen LogP contribution in [-0.2, 0) is 14.9 Å². The Hall–Kier alpha value is -4.06. The predicted octanol–water partition coefficient (Wildman–Crippen LogP) is 5.72. The molecule has 3 aromatic carbocycles. The normalized spacial score (nSPS) is 10.8. The Bertz CT molecular complexity index is 1160. The van der Waals surface area contributed by atoms with Crippen LogP contribution < -0.4 is 0 Å². The Morgan fingerprint density at radius 2 is 0.938 bits per heavy atom. The summed E-state index contributed by atoms with van der Waals surface area (Å²) in [5, 5.41) is 32.7. The quantitative estimate of drug-likeness (QED) is 0.316. The maximum atomic E-state index is 8.25. The molecule has 0 heterocycles. The average molecular weight is 427 g/mol. The second-order valence-corrected chi connectivity index (χ2v) is 8.29. The van der Waals surface area contributed by atoms with Gasteiger partial charge in [-0.2, -0.15) is 0 Å². The Labute approximate surface area is 187 Å². The van der Waals surface area contributed by atoms with Gasteiger partial charge < -0.3 is 9.47 Å². The van der Waals surface area contributed by atoms with Crippen molar-refractivity contribution < 1.29 is 9.47 Å². The summed E-state index contributed by atoms with van der Waals surface area (Å²) in [6, 6.07) is 23.0. The molecule has 6 heteroatoms. The zero-order valence-corrected chi connectivity index (χ0v) is 18.3. The molecule has 0 aromatic heterocycles. The summed E-state index contributed by atoms with van der Waals surface area (Å²) in [7, 11) is 0. The van der Waals surface area contributed by atoms with Crippen LogP contribution in [0.15, 0.2) is 78.9 Å². The fourth-order valence-electron chi connectivity index (χ4n) is 2.95. The number of hydrogen-bond donors (Lipinski definition) is 4. The third kappa shape index (κ3) is 5.55. The van der Waals surface area contributed by atoms with E-state index < -0.39 is 0 Å². The van der Waals surface area contributed by atoms with Gasteiger partial charge in [-0.1, -0.05) is 57.2 Å². The topological polar surface area (TPSA) is 114 Å². The van der Waals surface area contributed by atoms with Crippen LogP contribution in [0.1, 0.15) is 48.6 Å². The molecule has 0 atom stereocenters. The molecule has 32 heavy (non-hydrogen) atoms. The summed E-state index contributed by atoms with van der Waals surface area (Å²) in [4.78, 5) is 0. The van der Waals surface area contributed by atoms with Crippen LogP contribution in [-0.4, -0.2) is 23.6 Å². The van der Waals surface area contributed by atoms with Gasteiger partial charge in [0.05, 0.1) is 0 Å². The van der Waals surface area contributed by atoms with Crippen molar-refractivity contribution in [3.05, 3.63) is 107 Å². The van der Waals surface area contributed by atoms with Crippen molar-refractivity contribution in [3.63, 3.8) is 0 Å². The van der Waals surface area contributed by atoms with Crippen molar-refractivity contribution in [1.82, 2.24) is 0 Å². The molecule has 6 nitrogen and oxygen atoms in total. The molecule has 162 valence electrons. The van der Waals surface area contributed by atoms with Gasteiger partial charge in [0.25, 0.3) is 0 Å². The fraction of sp³-hybridized carbons (Fsp3) is 0.154. The van der Waals surface area contributed by atoms with Crippen LogP contribution in [0, 0.1) is 21.6 Å². The maximum Gasteiger partial charge on any atom is 0.221 e. The van der Waals surface area contributed by atoms with E-state index >= 15 is 0 Å². The average Bonchev–Trinajstić information content (AvgIpc) is 2.79. The Balaban J connectivity index is 1.67. The number of ether oxygens (including phenoxy) is 2. The summed E-state index contributed by atoms with van der Waals surface area (Å²) in [6.07, 6.45) is 0. The monoisotopic (exact) mass is 426 g/mol. The van der Waals surface area contributed by atoms with Crippen molar-refractivity contribution in [3.8, 4) is 0 Å². The second kappa shape index (κ2) is 9.39. The van der Waals surface area contributed by atoms with E-state index in [9.17, 15) is 0 Å². The van der Waals surface area contributed by atoms with Gasteiger partial charge in [-0.05, 0) is 53.4 Å². The zero-order valence-electron chi connectivity index (χ0n) is 18.3. The molecule has 0 aliphatic carbocycles. The van der Waals surface area contributed by atoms with Crippen molar-refractivity contribution >= 4 is 23.6 Å². The molecule has 0 saturated carbocycles. The first-order chi connectivity index (χ1) is 15.1. The minimum Gasteiger partial charge on any atom is -0.421 e. The van der Waals surface area contributed by atoms with Crippen LogP contribution in [0.4, 0.5) is 0 Å². The third-order valence-corrected chi connectivity index (χ3v) is 4.84. The molecule has 0 bridgehead atoms. The first-order valence-electron chi connectivity index (χ1n) is 10.1.